The number of aliphatic hydroxyl groups excluding tert-OH is 1. The third-order valence-electron chi connectivity index (χ3n) is 2.29. The zero-order valence-electron chi connectivity index (χ0n) is 10.9. The summed E-state index contributed by atoms with van der Waals surface area (Å²) in [5, 5.41) is 5.52. The van der Waals surface area contributed by atoms with E-state index in [4.69, 9.17) is 34.2 Å². The molecule has 0 aromatic rings. The van der Waals surface area contributed by atoms with Crippen molar-refractivity contribution in [1.82, 2.24) is 0 Å². The van der Waals surface area contributed by atoms with Gasteiger partial charge in [0.05, 0.1) is 39.6 Å². The zero-order valence-corrected chi connectivity index (χ0v) is 12.7. The van der Waals surface area contributed by atoms with Crippen molar-refractivity contribution in [3.05, 3.63) is 0 Å². The summed E-state index contributed by atoms with van der Waals surface area (Å²) < 4.78 is 36.8. The van der Waals surface area contributed by atoms with Crippen molar-refractivity contribution >= 4 is 15.2 Å². The van der Waals surface area contributed by atoms with Gasteiger partial charge in [-0.2, -0.15) is 0 Å². The van der Waals surface area contributed by atoms with Crippen LogP contribution in [0.15, 0.2) is 0 Å². The largest absolute Gasteiger partial charge is 0.394 e. The molecule has 0 amide bonds. The first kappa shape index (κ1) is 20.1. The Labute approximate surface area is 116 Å². The van der Waals surface area contributed by atoms with Crippen molar-refractivity contribution in [1.29, 1.82) is 0 Å². The van der Waals surface area contributed by atoms with Crippen LogP contribution in [0.2, 0.25) is 0 Å². The van der Waals surface area contributed by atoms with Gasteiger partial charge in [-0.15, -0.1) is 0 Å². The Kier molecular flexibility index (Phi) is 8.61. The fourth-order valence-corrected chi connectivity index (χ4v) is 2.89. The minimum atomic E-state index is -5.17. The van der Waals surface area contributed by atoms with E-state index < -0.39 is 26.9 Å². The molecule has 0 unspecified atom stereocenters. The SMILES string of the molecule is CC(OCCOCCOCCO)(P(=O)(O)O)P(=O)(O)O. The van der Waals surface area contributed by atoms with E-state index in [1.807, 2.05) is 0 Å². The smallest absolute Gasteiger partial charge is 0.369 e. The van der Waals surface area contributed by atoms with E-state index in [9.17, 15) is 9.13 Å². The lowest BCUT2D eigenvalue weighted by atomic mass is 10.7. The van der Waals surface area contributed by atoms with Gasteiger partial charge < -0.3 is 38.9 Å². The Morgan fingerprint density at radius 1 is 0.850 bits per heavy atom. The van der Waals surface area contributed by atoms with Crippen LogP contribution in [0, 0.1) is 0 Å². The molecule has 0 aliphatic carbocycles. The summed E-state index contributed by atoms with van der Waals surface area (Å²) in [6.45, 7) is 0.505. The van der Waals surface area contributed by atoms with Gasteiger partial charge in [0.1, 0.15) is 0 Å². The van der Waals surface area contributed by atoms with Gasteiger partial charge in [-0.1, -0.05) is 0 Å². The number of hydrogen-bond acceptors (Lipinski definition) is 6. The molecule has 12 heteroatoms. The topological polar surface area (TPSA) is 163 Å². The van der Waals surface area contributed by atoms with Gasteiger partial charge >= 0.3 is 15.2 Å². The van der Waals surface area contributed by atoms with Gasteiger partial charge in [-0.3, -0.25) is 9.13 Å². The van der Waals surface area contributed by atoms with E-state index >= 15 is 0 Å². The summed E-state index contributed by atoms with van der Waals surface area (Å²) in [4.78, 5) is 35.9. The van der Waals surface area contributed by atoms with Gasteiger partial charge in [0.15, 0.2) is 0 Å². The Balaban J connectivity index is 4.14. The van der Waals surface area contributed by atoms with Crippen molar-refractivity contribution in [2.24, 2.45) is 0 Å². The molecule has 0 rings (SSSR count). The Bertz CT molecular complexity index is 338. The Morgan fingerprint density at radius 2 is 1.25 bits per heavy atom. The van der Waals surface area contributed by atoms with Crippen LogP contribution in [0.5, 0.6) is 0 Å². The highest BCUT2D eigenvalue weighted by Gasteiger charge is 2.57. The second kappa shape index (κ2) is 8.55. The van der Waals surface area contributed by atoms with E-state index in [0.29, 0.717) is 6.92 Å². The lowest BCUT2D eigenvalue weighted by Crippen LogP contribution is -2.30. The first-order chi connectivity index (χ1) is 9.06. The normalized spacial score (nSPS) is 13.7. The van der Waals surface area contributed by atoms with Crippen LogP contribution in [-0.2, 0) is 23.3 Å². The summed E-state index contributed by atoms with van der Waals surface area (Å²) in [6.07, 6.45) is 0. The van der Waals surface area contributed by atoms with E-state index in [1.54, 1.807) is 0 Å². The predicted octanol–water partition coefficient (Wildman–Crippen LogP) is -0.942. The Morgan fingerprint density at radius 3 is 1.65 bits per heavy atom. The maximum Gasteiger partial charge on any atom is 0.369 e. The number of ether oxygens (including phenoxy) is 3. The number of rotatable bonds is 11. The molecule has 0 aliphatic rings. The second-order valence-electron chi connectivity index (χ2n) is 3.82. The third-order valence-corrected chi connectivity index (χ3v) is 6.28. The summed E-state index contributed by atoms with van der Waals surface area (Å²) in [5.41, 5.74) is 0. The average molecular weight is 338 g/mol. The first-order valence-electron chi connectivity index (χ1n) is 5.58. The van der Waals surface area contributed by atoms with Crippen LogP contribution < -0.4 is 0 Å². The summed E-state index contributed by atoms with van der Waals surface area (Å²) in [7, 11) is -10.3. The van der Waals surface area contributed by atoms with Gasteiger partial charge in [-0.25, -0.2) is 0 Å². The van der Waals surface area contributed by atoms with E-state index in [2.05, 4.69) is 4.74 Å². The van der Waals surface area contributed by atoms with Crippen molar-refractivity contribution in [3.8, 4) is 0 Å². The van der Waals surface area contributed by atoms with E-state index in [1.165, 1.54) is 0 Å². The fourth-order valence-electron chi connectivity index (χ4n) is 1.02. The molecule has 0 aromatic heterocycles. The first-order valence-corrected chi connectivity index (χ1v) is 8.80. The van der Waals surface area contributed by atoms with Crippen LogP contribution in [-0.4, -0.2) is 69.4 Å². The lowest BCUT2D eigenvalue weighted by Gasteiger charge is -2.30. The average Bonchev–Trinajstić information content (AvgIpc) is 2.29. The van der Waals surface area contributed by atoms with Crippen LogP contribution in [0.25, 0.3) is 0 Å². The molecule has 0 radical (unpaired) electrons. The molecule has 20 heavy (non-hydrogen) atoms. The minimum absolute atomic E-state index is 0.119. The van der Waals surface area contributed by atoms with Crippen molar-refractivity contribution in [3.63, 3.8) is 0 Å². The van der Waals surface area contributed by atoms with Gasteiger partial charge in [0, 0.05) is 0 Å². The lowest BCUT2D eigenvalue weighted by molar-refractivity contribution is -0.0140. The quantitative estimate of drug-likeness (QED) is 0.234. The molecule has 5 N–H and O–H groups in total. The fraction of sp³-hybridized carbons (Fsp3) is 1.00. The molecule has 0 spiro atoms. The molecule has 0 atom stereocenters. The molecule has 0 aliphatic heterocycles. The number of hydrogen-bond donors (Lipinski definition) is 5. The molecule has 0 saturated heterocycles. The van der Waals surface area contributed by atoms with E-state index in [-0.39, 0.29) is 33.0 Å². The van der Waals surface area contributed by atoms with Crippen molar-refractivity contribution < 1.29 is 48.0 Å². The predicted molar refractivity (Wildman–Crippen MR) is 67.2 cm³/mol. The molecule has 0 bridgehead atoms. The molecular weight excluding hydrogens is 318 g/mol. The van der Waals surface area contributed by atoms with Crippen molar-refractivity contribution in [2.75, 3.05) is 39.6 Å². The molecular formula is C8H20O10P2. The Hall–Kier alpha value is 0.140. The molecule has 0 fully saturated rings. The zero-order chi connectivity index (χ0) is 15.9. The molecule has 0 saturated carbocycles. The van der Waals surface area contributed by atoms with E-state index in [0.717, 1.165) is 0 Å². The highest BCUT2D eigenvalue weighted by atomic mass is 31.2. The van der Waals surface area contributed by atoms with Gasteiger partial charge in [0.2, 0.25) is 0 Å². The monoisotopic (exact) mass is 338 g/mol. The maximum atomic E-state index is 11.1. The van der Waals surface area contributed by atoms with Crippen LogP contribution in [0.1, 0.15) is 6.92 Å². The van der Waals surface area contributed by atoms with Crippen LogP contribution >= 0.6 is 15.2 Å². The highest BCUT2D eigenvalue weighted by molar-refractivity contribution is 7.72. The third kappa shape index (κ3) is 6.28. The second-order valence-corrected chi connectivity index (χ2v) is 8.05. The van der Waals surface area contributed by atoms with Gasteiger partial charge in [-0.05, 0) is 6.92 Å². The van der Waals surface area contributed by atoms with Crippen LogP contribution in [0.3, 0.4) is 0 Å². The molecule has 122 valence electrons. The minimum Gasteiger partial charge on any atom is -0.394 e. The van der Waals surface area contributed by atoms with Crippen LogP contribution in [0.4, 0.5) is 0 Å². The molecule has 0 aromatic carbocycles. The highest BCUT2D eigenvalue weighted by Crippen LogP contribution is 2.69. The van der Waals surface area contributed by atoms with Gasteiger partial charge in [0.25, 0.3) is 5.08 Å². The number of aliphatic hydroxyl groups is 1. The standard InChI is InChI=1S/C8H20O10P2/c1-8(19(10,11)12,20(13,14)15)18-7-6-17-5-4-16-3-2-9/h9H,2-7H2,1H3,(H2,10,11,12)(H2,13,14,15). The summed E-state index contributed by atoms with van der Waals surface area (Å²) >= 11 is 0. The summed E-state index contributed by atoms with van der Waals surface area (Å²) in [6, 6.07) is 0. The molecule has 10 nitrogen and oxygen atoms in total. The van der Waals surface area contributed by atoms with Crippen molar-refractivity contribution in [2.45, 2.75) is 12.0 Å². The molecule has 0 heterocycles. The summed E-state index contributed by atoms with van der Waals surface area (Å²) in [5.74, 6) is 0. The maximum absolute atomic E-state index is 11.1.